The van der Waals surface area contributed by atoms with Crippen molar-refractivity contribution in [2.75, 3.05) is 5.75 Å². The van der Waals surface area contributed by atoms with Crippen LogP contribution in [0.1, 0.15) is 16.1 Å². The van der Waals surface area contributed by atoms with Crippen LogP contribution in [0.4, 0.5) is 0 Å². The van der Waals surface area contributed by atoms with E-state index in [0.29, 0.717) is 17.0 Å². The summed E-state index contributed by atoms with van der Waals surface area (Å²) >= 11 is 1.35. The Hall–Kier alpha value is -1.43. The molecule has 0 unspecified atom stereocenters. The zero-order chi connectivity index (χ0) is 10.3. The van der Waals surface area contributed by atoms with Crippen LogP contribution in [0.2, 0.25) is 0 Å². The number of aromatic carboxylic acids is 1. The SMILES string of the molecule is O=C(O)c1c(O)c2c([nH]c1=O)CCS2. The van der Waals surface area contributed by atoms with Gasteiger partial charge in [-0.2, -0.15) is 0 Å². The topological polar surface area (TPSA) is 90.4 Å². The molecule has 0 radical (unpaired) electrons. The Morgan fingerprint density at radius 2 is 2.21 bits per heavy atom. The summed E-state index contributed by atoms with van der Waals surface area (Å²) in [5.41, 5.74) is -0.683. The van der Waals surface area contributed by atoms with Gasteiger partial charge in [-0.3, -0.25) is 4.79 Å². The van der Waals surface area contributed by atoms with Crippen LogP contribution in [0, 0.1) is 0 Å². The quantitative estimate of drug-likeness (QED) is 0.629. The fourth-order valence-electron chi connectivity index (χ4n) is 1.41. The van der Waals surface area contributed by atoms with Gasteiger partial charge in [0.1, 0.15) is 0 Å². The minimum Gasteiger partial charge on any atom is -0.506 e. The lowest BCUT2D eigenvalue weighted by atomic mass is 10.2. The van der Waals surface area contributed by atoms with Crippen molar-refractivity contribution in [1.82, 2.24) is 4.98 Å². The summed E-state index contributed by atoms with van der Waals surface area (Å²) in [5, 5.41) is 18.2. The average molecular weight is 213 g/mol. The first kappa shape index (κ1) is 9.14. The Morgan fingerprint density at radius 1 is 1.50 bits per heavy atom. The molecule has 2 rings (SSSR count). The fourth-order valence-corrected chi connectivity index (χ4v) is 2.48. The van der Waals surface area contributed by atoms with E-state index in [0.717, 1.165) is 5.75 Å². The molecular weight excluding hydrogens is 206 g/mol. The summed E-state index contributed by atoms with van der Waals surface area (Å²) < 4.78 is 0. The minimum atomic E-state index is -1.40. The predicted molar refractivity (Wildman–Crippen MR) is 50.1 cm³/mol. The fraction of sp³-hybridized carbons (Fsp3) is 0.250. The number of rotatable bonds is 1. The molecular formula is C8H7NO4S. The van der Waals surface area contributed by atoms with Crippen molar-refractivity contribution in [3.63, 3.8) is 0 Å². The van der Waals surface area contributed by atoms with Gasteiger partial charge < -0.3 is 15.2 Å². The summed E-state index contributed by atoms with van der Waals surface area (Å²) in [6.07, 6.45) is 0.655. The predicted octanol–water partition coefficient (Wildman–Crippen LogP) is 0.427. The number of fused-ring (bicyclic) bond motifs is 1. The average Bonchev–Trinajstić information content (AvgIpc) is 2.50. The monoisotopic (exact) mass is 213 g/mol. The van der Waals surface area contributed by atoms with E-state index >= 15 is 0 Å². The summed E-state index contributed by atoms with van der Waals surface area (Å²) in [6.45, 7) is 0. The molecule has 5 nitrogen and oxygen atoms in total. The molecule has 1 aliphatic rings. The third kappa shape index (κ3) is 1.19. The van der Waals surface area contributed by atoms with Crippen LogP contribution >= 0.6 is 11.8 Å². The van der Waals surface area contributed by atoms with Crippen molar-refractivity contribution < 1.29 is 15.0 Å². The lowest BCUT2D eigenvalue weighted by Gasteiger charge is -2.03. The molecule has 1 aromatic rings. The molecule has 1 aromatic heterocycles. The molecule has 3 N–H and O–H groups in total. The number of thioether (sulfide) groups is 1. The number of aryl methyl sites for hydroxylation is 1. The van der Waals surface area contributed by atoms with E-state index in [1.807, 2.05) is 0 Å². The maximum atomic E-state index is 11.2. The van der Waals surface area contributed by atoms with Gasteiger partial charge in [-0.15, -0.1) is 11.8 Å². The van der Waals surface area contributed by atoms with Gasteiger partial charge in [-0.1, -0.05) is 0 Å². The first-order valence-corrected chi connectivity index (χ1v) is 4.94. The normalized spacial score (nSPS) is 14.0. The molecule has 1 aliphatic heterocycles. The highest BCUT2D eigenvalue weighted by molar-refractivity contribution is 7.99. The van der Waals surface area contributed by atoms with E-state index in [9.17, 15) is 14.7 Å². The first-order valence-electron chi connectivity index (χ1n) is 3.95. The van der Waals surface area contributed by atoms with Gasteiger partial charge in [0.25, 0.3) is 5.56 Å². The maximum absolute atomic E-state index is 11.2. The van der Waals surface area contributed by atoms with Crippen molar-refractivity contribution in [1.29, 1.82) is 0 Å². The van der Waals surface area contributed by atoms with Crippen molar-refractivity contribution >= 4 is 17.7 Å². The van der Waals surface area contributed by atoms with Gasteiger partial charge in [0.2, 0.25) is 0 Å². The molecule has 6 heteroatoms. The highest BCUT2D eigenvalue weighted by atomic mass is 32.2. The summed E-state index contributed by atoms with van der Waals surface area (Å²) in [5.74, 6) is -1.06. The molecule has 0 fully saturated rings. The van der Waals surface area contributed by atoms with E-state index in [1.54, 1.807) is 0 Å². The number of hydrogen-bond donors (Lipinski definition) is 3. The second-order valence-electron chi connectivity index (χ2n) is 2.89. The smallest absolute Gasteiger partial charge is 0.345 e. The molecule has 14 heavy (non-hydrogen) atoms. The second kappa shape index (κ2) is 3.06. The van der Waals surface area contributed by atoms with Crippen molar-refractivity contribution in [2.45, 2.75) is 11.3 Å². The molecule has 0 spiro atoms. The molecule has 0 aliphatic carbocycles. The highest BCUT2D eigenvalue weighted by Gasteiger charge is 2.24. The molecule has 0 saturated heterocycles. The van der Waals surface area contributed by atoms with Crippen LogP contribution in [-0.4, -0.2) is 26.9 Å². The number of carboxylic acid groups (broad SMARTS) is 1. The van der Waals surface area contributed by atoms with Gasteiger partial charge in [0.05, 0.1) is 4.90 Å². The van der Waals surface area contributed by atoms with E-state index in [1.165, 1.54) is 11.8 Å². The van der Waals surface area contributed by atoms with Crippen molar-refractivity contribution in [2.24, 2.45) is 0 Å². The number of nitrogens with one attached hydrogen (secondary N) is 1. The molecule has 0 atom stereocenters. The summed E-state index contributed by atoms with van der Waals surface area (Å²) in [6, 6.07) is 0. The molecule has 0 aromatic carbocycles. The Balaban J connectivity index is 2.75. The molecule has 0 saturated carbocycles. The molecule has 0 bridgehead atoms. The Morgan fingerprint density at radius 3 is 2.86 bits per heavy atom. The van der Waals surface area contributed by atoms with Crippen molar-refractivity contribution in [3.05, 3.63) is 21.6 Å². The molecule has 2 heterocycles. The van der Waals surface area contributed by atoms with Gasteiger partial charge in [0, 0.05) is 11.4 Å². The van der Waals surface area contributed by atoms with Crippen LogP contribution in [0.25, 0.3) is 0 Å². The van der Waals surface area contributed by atoms with Crippen LogP contribution in [0.3, 0.4) is 0 Å². The van der Waals surface area contributed by atoms with Crippen LogP contribution in [0.5, 0.6) is 5.75 Å². The van der Waals surface area contributed by atoms with E-state index in [2.05, 4.69) is 4.98 Å². The second-order valence-corrected chi connectivity index (χ2v) is 3.99. The molecule has 0 amide bonds. The lowest BCUT2D eigenvalue weighted by Crippen LogP contribution is -2.19. The van der Waals surface area contributed by atoms with Crippen LogP contribution in [-0.2, 0) is 6.42 Å². The number of carbonyl (C=O) groups is 1. The Bertz CT molecular complexity index is 465. The first-order chi connectivity index (χ1) is 6.61. The number of aromatic nitrogens is 1. The zero-order valence-corrected chi connectivity index (χ0v) is 7.85. The number of H-pyrrole nitrogens is 1. The minimum absolute atomic E-state index is 0.404. The van der Waals surface area contributed by atoms with Gasteiger partial charge in [0.15, 0.2) is 11.3 Å². The number of aromatic hydroxyl groups is 1. The number of carboxylic acids is 1. The van der Waals surface area contributed by atoms with Gasteiger partial charge in [-0.05, 0) is 6.42 Å². The number of pyridine rings is 1. The van der Waals surface area contributed by atoms with Gasteiger partial charge >= 0.3 is 5.97 Å². The Labute approximate surface area is 82.8 Å². The highest BCUT2D eigenvalue weighted by Crippen LogP contribution is 2.37. The van der Waals surface area contributed by atoms with Crippen molar-refractivity contribution in [3.8, 4) is 5.75 Å². The van der Waals surface area contributed by atoms with Crippen LogP contribution in [0.15, 0.2) is 9.69 Å². The Kier molecular flexibility index (Phi) is 1.99. The van der Waals surface area contributed by atoms with Gasteiger partial charge in [-0.25, -0.2) is 4.79 Å². The lowest BCUT2D eigenvalue weighted by molar-refractivity contribution is 0.0691. The third-order valence-electron chi connectivity index (χ3n) is 2.03. The van der Waals surface area contributed by atoms with Crippen LogP contribution < -0.4 is 5.56 Å². The van der Waals surface area contributed by atoms with E-state index in [4.69, 9.17) is 5.11 Å². The zero-order valence-electron chi connectivity index (χ0n) is 7.03. The van der Waals surface area contributed by atoms with E-state index in [-0.39, 0.29) is 0 Å². The third-order valence-corrected chi connectivity index (χ3v) is 3.17. The molecule has 74 valence electrons. The van der Waals surface area contributed by atoms with E-state index < -0.39 is 22.8 Å². The maximum Gasteiger partial charge on any atom is 0.345 e. The summed E-state index contributed by atoms with van der Waals surface area (Å²) in [7, 11) is 0. The standard InChI is InChI=1S/C8H7NO4S/c10-5-4(8(12)13)7(11)9-3-1-2-14-6(3)5/h1-2H2,(H,12,13)(H2,9,10,11). The largest absolute Gasteiger partial charge is 0.506 e. The summed E-state index contributed by atoms with van der Waals surface area (Å²) in [4.78, 5) is 24.8. The number of hydrogen-bond acceptors (Lipinski definition) is 4. The number of aromatic amines is 1.